The van der Waals surface area contributed by atoms with E-state index in [9.17, 15) is 0 Å². The Kier molecular flexibility index (Phi) is 6.50. The number of hydrazone groups is 1. The molecule has 1 fully saturated rings. The molecule has 2 aromatic carbocycles. The number of nitrogens with zero attached hydrogens (tertiary/aromatic N) is 3. The highest BCUT2D eigenvalue weighted by atomic mass is 32.1. The molecule has 0 aliphatic carbocycles. The summed E-state index contributed by atoms with van der Waals surface area (Å²) < 4.78 is 18.9. The van der Waals surface area contributed by atoms with Crippen molar-refractivity contribution in [2.24, 2.45) is 5.10 Å². The Labute approximate surface area is 197 Å². The molecule has 0 radical (unpaired) electrons. The van der Waals surface area contributed by atoms with E-state index in [1.54, 1.807) is 6.21 Å². The first-order valence-corrected chi connectivity index (χ1v) is 11.4. The fourth-order valence-corrected chi connectivity index (χ4v) is 3.96. The predicted molar refractivity (Wildman–Crippen MR) is 130 cm³/mol. The third-order valence-corrected chi connectivity index (χ3v) is 5.70. The van der Waals surface area contributed by atoms with Crippen LogP contribution in [-0.2, 0) is 4.74 Å². The molecule has 5 rings (SSSR count). The number of hydrogen-bond acceptors (Lipinski definition) is 6. The van der Waals surface area contributed by atoms with Gasteiger partial charge in [0.05, 0.1) is 18.0 Å². The van der Waals surface area contributed by atoms with E-state index in [1.165, 1.54) is 0 Å². The van der Waals surface area contributed by atoms with Crippen molar-refractivity contribution in [1.82, 2.24) is 20.5 Å². The van der Waals surface area contributed by atoms with Gasteiger partial charge >= 0.3 is 0 Å². The van der Waals surface area contributed by atoms with Crippen molar-refractivity contribution < 1.29 is 14.2 Å². The van der Waals surface area contributed by atoms with Crippen molar-refractivity contribution in [1.29, 1.82) is 0 Å². The summed E-state index contributed by atoms with van der Waals surface area (Å²) in [6, 6.07) is 15.8. The molecule has 33 heavy (non-hydrogen) atoms. The molecule has 3 heterocycles. The molecule has 0 bridgehead atoms. The van der Waals surface area contributed by atoms with Gasteiger partial charge in [-0.3, -0.25) is 5.43 Å². The maximum Gasteiger partial charge on any atom is 0.187 e. The number of fused-ring (bicyclic) bond motifs is 1. The Morgan fingerprint density at radius 3 is 2.79 bits per heavy atom. The summed E-state index contributed by atoms with van der Waals surface area (Å²) in [5, 5.41) is 12.8. The van der Waals surface area contributed by atoms with Crippen molar-refractivity contribution in [3.05, 3.63) is 60.3 Å². The molecule has 9 heteroatoms. The van der Waals surface area contributed by atoms with Gasteiger partial charge in [0.15, 0.2) is 16.6 Å². The molecule has 2 aliphatic rings. The van der Waals surface area contributed by atoms with Crippen LogP contribution < -0.4 is 20.2 Å². The van der Waals surface area contributed by atoms with E-state index in [-0.39, 0.29) is 6.10 Å². The van der Waals surface area contributed by atoms with Crippen LogP contribution in [0.1, 0.15) is 18.4 Å². The van der Waals surface area contributed by atoms with Gasteiger partial charge in [-0.1, -0.05) is 18.2 Å². The van der Waals surface area contributed by atoms with Crippen molar-refractivity contribution >= 4 is 23.5 Å². The second-order valence-corrected chi connectivity index (χ2v) is 8.19. The number of rotatable bonds is 6. The number of nitrogens with one attached hydrogen (secondary N) is 2. The van der Waals surface area contributed by atoms with Gasteiger partial charge in [-0.2, -0.15) is 10.2 Å². The largest absolute Gasteiger partial charge is 0.486 e. The minimum absolute atomic E-state index is 0.208. The van der Waals surface area contributed by atoms with Gasteiger partial charge in [-0.15, -0.1) is 0 Å². The number of aromatic nitrogens is 2. The zero-order valence-electron chi connectivity index (χ0n) is 18.1. The molecule has 0 amide bonds. The molecule has 8 nitrogen and oxygen atoms in total. The number of benzene rings is 2. The lowest BCUT2D eigenvalue weighted by Crippen LogP contribution is -2.37. The summed E-state index contributed by atoms with van der Waals surface area (Å²) in [7, 11) is 0. The first kappa shape index (κ1) is 21.4. The summed E-state index contributed by atoms with van der Waals surface area (Å²) in [4.78, 5) is 0. The van der Waals surface area contributed by atoms with Crippen molar-refractivity contribution in [3.63, 3.8) is 0 Å². The monoisotopic (exact) mass is 463 g/mol. The SMILES string of the molecule is S=C(NCC1CCCO1)N/N=C/c1cn(-c2ccccc2)nc1-c1ccc2c(c1)OCCO2. The topological polar surface area (TPSA) is 81.9 Å². The van der Waals surface area contributed by atoms with Crippen LogP contribution >= 0.6 is 12.2 Å². The summed E-state index contributed by atoms with van der Waals surface area (Å²) in [6.45, 7) is 2.58. The van der Waals surface area contributed by atoms with Crippen LogP contribution in [0.2, 0.25) is 0 Å². The van der Waals surface area contributed by atoms with Gasteiger partial charge in [0.25, 0.3) is 0 Å². The van der Waals surface area contributed by atoms with Gasteiger partial charge in [0.2, 0.25) is 0 Å². The minimum atomic E-state index is 0.208. The van der Waals surface area contributed by atoms with Crippen LogP contribution in [0.15, 0.2) is 59.8 Å². The lowest BCUT2D eigenvalue weighted by atomic mass is 10.1. The Hall–Kier alpha value is -3.43. The average Bonchev–Trinajstić information content (AvgIpc) is 3.53. The average molecular weight is 464 g/mol. The molecule has 0 saturated carbocycles. The lowest BCUT2D eigenvalue weighted by Gasteiger charge is -2.18. The van der Waals surface area contributed by atoms with E-state index in [0.717, 1.165) is 47.7 Å². The summed E-state index contributed by atoms with van der Waals surface area (Å²) in [5.74, 6) is 1.46. The van der Waals surface area contributed by atoms with Gasteiger partial charge in [0.1, 0.15) is 18.9 Å². The fourth-order valence-electron chi connectivity index (χ4n) is 3.82. The second kappa shape index (κ2) is 10.0. The molecule has 3 aromatic rings. The third-order valence-electron chi connectivity index (χ3n) is 5.46. The van der Waals surface area contributed by atoms with E-state index < -0.39 is 0 Å². The standard InChI is InChI=1S/C24H25N5O3S/c33-24(25-15-20-7-4-10-30-20)27-26-14-18-16-29(19-5-2-1-3-6-19)28-23(18)17-8-9-21-22(13-17)32-12-11-31-21/h1-3,5-6,8-9,13-14,16,20H,4,7,10-12,15H2,(H2,25,27,33)/b26-14+. The number of hydrogen-bond donors (Lipinski definition) is 2. The second-order valence-electron chi connectivity index (χ2n) is 7.79. The van der Waals surface area contributed by atoms with Crippen LogP contribution in [-0.4, -0.2) is 53.6 Å². The van der Waals surface area contributed by atoms with E-state index in [1.807, 2.05) is 59.4 Å². The summed E-state index contributed by atoms with van der Waals surface area (Å²) >= 11 is 5.34. The highest BCUT2D eigenvalue weighted by molar-refractivity contribution is 7.80. The van der Waals surface area contributed by atoms with Crippen LogP contribution in [0.5, 0.6) is 11.5 Å². The van der Waals surface area contributed by atoms with Crippen LogP contribution in [0.4, 0.5) is 0 Å². The number of thiocarbonyl (C=S) groups is 1. The van der Waals surface area contributed by atoms with Crippen LogP contribution in [0.25, 0.3) is 16.9 Å². The van der Waals surface area contributed by atoms with E-state index in [0.29, 0.717) is 30.6 Å². The van der Waals surface area contributed by atoms with E-state index in [2.05, 4.69) is 15.8 Å². The zero-order chi connectivity index (χ0) is 22.5. The maximum atomic E-state index is 5.76. The first-order valence-electron chi connectivity index (χ1n) is 11.0. The molecule has 1 aromatic heterocycles. The van der Waals surface area contributed by atoms with Crippen LogP contribution in [0.3, 0.4) is 0 Å². The minimum Gasteiger partial charge on any atom is -0.486 e. The summed E-state index contributed by atoms with van der Waals surface area (Å²) in [6.07, 6.45) is 6.02. The molecular formula is C24H25N5O3S. The molecule has 1 saturated heterocycles. The number of ether oxygens (including phenoxy) is 3. The molecule has 2 aliphatic heterocycles. The fraction of sp³-hybridized carbons (Fsp3) is 0.292. The van der Waals surface area contributed by atoms with Gasteiger partial charge in [0, 0.05) is 30.5 Å². The molecule has 170 valence electrons. The van der Waals surface area contributed by atoms with E-state index in [4.69, 9.17) is 31.5 Å². The normalized spacial score (nSPS) is 17.3. The Bertz CT molecular complexity index is 1140. The van der Waals surface area contributed by atoms with Gasteiger partial charge in [-0.25, -0.2) is 4.68 Å². The maximum absolute atomic E-state index is 5.76. The summed E-state index contributed by atoms with van der Waals surface area (Å²) in [5.41, 5.74) is 6.37. The molecular weight excluding hydrogens is 438 g/mol. The molecule has 1 atom stereocenters. The molecule has 1 unspecified atom stereocenters. The Morgan fingerprint density at radius 1 is 1.12 bits per heavy atom. The van der Waals surface area contributed by atoms with Crippen LogP contribution in [0, 0.1) is 0 Å². The highest BCUT2D eigenvalue weighted by Gasteiger charge is 2.17. The van der Waals surface area contributed by atoms with Crippen molar-refractivity contribution in [2.45, 2.75) is 18.9 Å². The smallest absolute Gasteiger partial charge is 0.187 e. The van der Waals surface area contributed by atoms with Gasteiger partial charge < -0.3 is 19.5 Å². The van der Waals surface area contributed by atoms with E-state index >= 15 is 0 Å². The molecule has 0 spiro atoms. The quantitative estimate of drug-likeness (QED) is 0.330. The zero-order valence-corrected chi connectivity index (χ0v) is 18.9. The predicted octanol–water partition coefficient (Wildman–Crippen LogP) is 3.29. The number of para-hydroxylation sites is 1. The van der Waals surface area contributed by atoms with Crippen molar-refractivity contribution in [3.8, 4) is 28.4 Å². The van der Waals surface area contributed by atoms with Crippen molar-refractivity contribution in [2.75, 3.05) is 26.4 Å². The highest BCUT2D eigenvalue weighted by Crippen LogP contribution is 2.35. The Morgan fingerprint density at radius 2 is 1.97 bits per heavy atom. The lowest BCUT2D eigenvalue weighted by molar-refractivity contribution is 0.114. The third kappa shape index (κ3) is 5.15. The Balaban J connectivity index is 1.36. The molecule has 2 N–H and O–H groups in total. The first-order chi connectivity index (χ1) is 16.3. The van der Waals surface area contributed by atoms with Gasteiger partial charge in [-0.05, 0) is 55.4 Å².